The Kier molecular flexibility index (Phi) is 6.01. The molecule has 3 N–H and O–H groups in total. The van der Waals surface area contributed by atoms with Gasteiger partial charge >= 0.3 is 0 Å². The second-order valence-corrected chi connectivity index (χ2v) is 8.21. The van der Waals surface area contributed by atoms with E-state index < -0.39 is 6.10 Å². The van der Waals surface area contributed by atoms with Gasteiger partial charge in [0.2, 0.25) is 5.91 Å². The van der Waals surface area contributed by atoms with Gasteiger partial charge in [-0.3, -0.25) is 4.79 Å². The molecule has 5 aromatic rings. The smallest absolute Gasteiger partial charge is 0.221 e. The Morgan fingerprint density at radius 2 is 1.94 bits per heavy atom. The van der Waals surface area contributed by atoms with Crippen LogP contribution in [0.2, 0.25) is 0 Å². The molecular formula is C27H26N4O3. The molecule has 1 unspecified atom stereocenters. The summed E-state index contributed by atoms with van der Waals surface area (Å²) < 4.78 is 7.53. The maximum absolute atomic E-state index is 12.6. The number of ether oxygens (including phenoxy) is 1. The predicted octanol–water partition coefficient (Wildman–Crippen LogP) is 4.43. The second kappa shape index (κ2) is 9.41. The second-order valence-electron chi connectivity index (χ2n) is 8.21. The van der Waals surface area contributed by atoms with E-state index >= 15 is 0 Å². The van der Waals surface area contributed by atoms with E-state index in [1.54, 1.807) is 13.3 Å². The zero-order valence-corrected chi connectivity index (χ0v) is 18.9. The van der Waals surface area contributed by atoms with Crippen molar-refractivity contribution in [3.8, 4) is 17.1 Å². The minimum Gasteiger partial charge on any atom is -0.497 e. The van der Waals surface area contributed by atoms with Crippen molar-refractivity contribution in [2.75, 3.05) is 13.7 Å². The van der Waals surface area contributed by atoms with Gasteiger partial charge in [-0.15, -0.1) is 0 Å². The van der Waals surface area contributed by atoms with Gasteiger partial charge in [-0.2, -0.15) is 0 Å². The molecule has 0 bridgehead atoms. The van der Waals surface area contributed by atoms with Gasteiger partial charge in [0.05, 0.1) is 24.6 Å². The number of nitrogens with one attached hydrogen (secondary N) is 2. The Morgan fingerprint density at radius 3 is 2.74 bits per heavy atom. The number of methoxy groups -OCH3 is 1. The van der Waals surface area contributed by atoms with Crippen LogP contribution in [0.5, 0.6) is 5.75 Å². The molecule has 3 aromatic heterocycles. The molecule has 2 aromatic carbocycles. The number of fused-ring (bicyclic) bond motifs is 2. The van der Waals surface area contributed by atoms with Gasteiger partial charge in [-0.05, 0) is 48.0 Å². The fourth-order valence-electron chi connectivity index (χ4n) is 4.24. The lowest BCUT2D eigenvalue weighted by Crippen LogP contribution is -2.29. The number of hydrogen-bond donors (Lipinski definition) is 3. The van der Waals surface area contributed by atoms with Crippen molar-refractivity contribution in [1.29, 1.82) is 0 Å². The van der Waals surface area contributed by atoms with Gasteiger partial charge < -0.3 is 24.7 Å². The normalized spacial score (nSPS) is 12.2. The van der Waals surface area contributed by atoms with Gasteiger partial charge in [-0.25, -0.2) is 4.98 Å². The fourth-order valence-corrected chi connectivity index (χ4v) is 4.24. The minimum absolute atomic E-state index is 0.116. The molecule has 34 heavy (non-hydrogen) atoms. The van der Waals surface area contributed by atoms with Crippen LogP contribution < -0.4 is 10.1 Å². The lowest BCUT2D eigenvalue weighted by molar-refractivity contribution is -0.121. The molecule has 5 rings (SSSR count). The number of benzene rings is 2. The molecule has 0 radical (unpaired) electrons. The van der Waals surface area contributed by atoms with E-state index in [2.05, 4.69) is 32.0 Å². The number of amides is 1. The number of aromatic nitrogens is 3. The molecule has 0 spiro atoms. The zero-order valence-electron chi connectivity index (χ0n) is 18.9. The first-order valence-electron chi connectivity index (χ1n) is 11.2. The number of nitrogens with zero attached hydrogens (tertiary/aromatic N) is 2. The number of pyridine rings is 1. The van der Waals surface area contributed by atoms with Crippen LogP contribution in [0.3, 0.4) is 0 Å². The molecule has 7 heteroatoms. The topological polar surface area (TPSA) is 92.2 Å². The monoisotopic (exact) mass is 454 g/mol. The van der Waals surface area contributed by atoms with E-state index in [-0.39, 0.29) is 18.9 Å². The number of rotatable bonds is 8. The van der Waals surface area contributed by atoms with E-state index in [1.807, 2.05) is 60.7 Å². The van der Waals surface area contributed by atoms with Crippen LogP contribution in [0.4, 0.5) is 0 Å². The summed E-state index contributed by atoms with van der Waals surface area (Å²) in [5.41, 5.74) is 4.52. The van der Waals surface area contributed by atoms with Crippen molar-refractivity contribution in [3.05, 3.63) is 84.6 Å². The first kappa shape index (κ1) is 21.7. The highest BCUT2D eigenvalue weighted by atomic mass is 16.5. The van der Waals surface area contributed by atoms with E-state index in [4.69, 9.17) is 4.74 Å². The van der Waals surface area contributed by atoms with Crippen LogP contribution in [0.25, 0.3) is 33.3 Å². The zero-order chi connectivity index (χ0) is 23.5. The molecule has 3 heterocycles. The number of hydrogen-bond acceptors (Lipinski definition) is 4. The number of aliphatic hydroxyl groups is 1. The molecule has 172 valence electrons. The third kappa shape index (κ3) is 4.38. The van der Waals surface area contributed by atoms with Gasteiger partial charge in [0.15, 0.2) is 0 Å². The standard InChI is InChI=1S/C27H26N4O3/c1-34-21-9-10-23-20(14-21)16-24(22-15-19-8-5-12-28-27(19)30-22)31(23)13-11-26(33)29-17-25(32)18-6-3-2-4-7-18/h2-10,12,14-16,25,32H,11,13,17H2,1H3,(H,28,30)(H,29,33). The van der Waals surface area contributed by atoms with Gasteiger partial charge in [0.1, 0.15) is 11.4 Å². The molecule has 0 aliphatic heterocycles. The van der Waals surface area contributed by atoms with Crippen molar-refractivity contribution in [2.45, 2.75) is 19.1 Å². The molecule has 0 saturated carbocycles. The van der Waals surface area contributed by atoms with E-state index in [0.29, 0.717) is 6.54 Å². The maximum atomic E-state index is 12.6. The molecular weight excluding hydrogens is 428 g/mol. The Balaban J connectivity index is 1.38. The van der Waals surface area contributed by atoms with Crippen LogP contribution >= 0.6 is 0 Å². The average molecular weight is 455 g/mol. The molecule has 0 aliphatic rings. The molecule has 0 fully saturated rings. The van der Waals surface area contributed by atoms with E-state index in [1.165, 1.54) is 0 Å². The Bertz CT molecular complexity index is 1410. The average Bonchev–Trinajstić information content (AvgIpc) is 3.47. The van der Waals surface area contributed by atoms with E-state index in [9.17, 15) is 9.90 Å². The number of carbonyl (C=O) groups is 1. The van der Waals surface area contributed by atoms with Crippen molar-refractivity contribution in [1.82, 2.24) is 19.9 Å². The third-order valence-electron chi connectivity index (χ3n) is 6.02. The first-order valence-corrected chi connectivity index (χ1v) is 11.2. The highest BCUT2D eigenvalue weighted by Gasteiger charge is 2.16. The van der Waals surface area contributed by atoms with Crippen molar-refractivity contribution in [2.24, 2.45) is 0 Å². The minimum atomic E-state index is -0.737. The van der Waals surface area contributed by atoms with Crippen molar-refractivity contribution in [3.63, 3.8) is 0 Å². The lowest BCUT2D eigenvalue weighted by Gasteiger charge is -2.13. The fraction of sp³-hybridized carbons (Fsp3) is 0.185. The largest absolute Gasteiger partial charge is 0.497 e. The summed E-state index contributed by atoms with van der Waals surface area (Å²) in [6.45, 7) is 0.661. The molecule has 1 amide bonds. The summed E-state index contributed by atoms with van der Waals surface area (Å²) in [7, 11) is 1.65. The maximum Gasteiger partial charge on any atom is 0.221 e. The van der Waals surface area contributed by atoms with Crippen molar-refractivity contribution >= 4 is 27.8 Å². The summed E-state index contributed by atoms with van der Waals surface area (Å²) in [6.07, 6.45) is 1.31. The number of H-pyrrole nitrogens is 1. The SMILES string of the molecule is COc1ccc2c(c1)cc(-c1cc3cccnc3[nH]1)n2CCC(=O)NCC(O)c1ccccc1. The number of aliphatic hydroxyl groups excluding tert-OH is 1. The summed E-state index contributed by atoms with van der Waals surface area (Å²) in [6, 6.07) is 23.3. The predicted molar refractivity (Wildman–Crippen MR) is 133 cm³/mol. The van der Waals surface area contributed by atoms with Crippen LogP contribution in [0.15, 0.2) is 79.0 Å². The Labute approximate surface area is 197 Å². The third-order valence-corrected chi connectivity index (χ3v) is 6.02. The molecule has 7 nitrogen and oxygen atoms in total. The van der Waals surface area contributed by atoms with Crippen LogP contribution in [0, 0.1) is 0 Å². The molecule has 1 atom stereocenters. The van der Waals surface area contributed by atoms with Crippen molar-refractivity contribution < 1.29 is 14.6 Å². The Morgan fingerprint density at radius 1 is 1.09 bits per heavy atom. The highest BCUT2D eigenvalue weighted by molar-refractivity contribution is 5.90. The number of aromatic amines is 1. The molecule has 0 aliphatic carbocycles. The van der Waals surface area contributed by atoms with Gasteiger partial charge in [0.25, 0.3) is 0 Å². The van der Waals surface area contributed by atoms with Crippen LogP contribution in [0.1, 0.15) is 18.1 Å². The Hall–Kier alpha value is -4.10. The molecule has 0 saturated heterocycles. The summed E-state index contributed by atoms with van der Waals surface area (Å²) in [5.74, 6) is 0.664. The summed E-state index contributed by atoms with van der Waals surface area (Å²) in [4.78, 5) is 20.4. The lowest BCUT2D eigenvalue weighted by atomic mass is 10.1. The van der Waals surface area contributed by atoms with Gasteiger partial charge in [0, 0.05) is 42.0 Å². The highest BCUT2D eigenvalue weighted by Crippen LogP contribution is 2.32. The summed E-state index contributed by atoms with van der Waals surface area (Å²) >= 11 is 0. The van der Waals surface area contributed by atoms with E-state index in [0.717, 1.165) is 44.6 Å². The number of carbonyl (C=O) groups excluding carboxylic acids is 1. The quantitative estimate of drug-likeness (QED) is 0.323. The van der Waals surface area contributed by atoms with Gasteiger partial charge in [-0.1, -0.05) is 30.3 Å². The summed E-state index contributed by atoms with van der Waals surface area (Å²) in [5, 5.41) is 15.2. The number of aryl methyl sites for hydroxylation is 1. The van der Waals surface area contributed by atoms with Crippen LogP contribution in [-0.4, -0.2) is 39.2 Å². The first-order chi connectivity index (χ1) is 16.6. The van der Waals surface area contributed by atoms with Crippen LogP contribution in [-0.2, 0) is 11.3 Å².